The molecule has 0 aliphatic carbocycles. The van der Waals surface area contributed by atoms with E-state index in [1.54, 1.807) is 12.4 Å². The van der Waals surface area contributed by atoms with Crippen LogP contribution in [0.4, 0.5) is 17.1 Å². The van der Waals surface area contributed by atoms with Gasteiger partial charge in [0.25, 0.3) is 5.91 Å². The van der Waals surface area contributed by atoms with E-state index < -0.39 is 0 Å². The smallest absolute Gasteiger partial charge is 0.257 e. The largest absolute Gasteiger partial charge is 0.354 e. The number of amides is 1. The highest BCUT2D eigenvalue weighted by Crippen LogP contribution is 2.24. The minimum Gasteiger partial charge on any atom is -0.354 e. The summed E-state index contributed by atoms with van der Waals surface area (Å²) >= 11 is 0. The Labute approximate surface area is 147 Å². The van der Waals surface area contributed by atoms with Gasteiger partial charge in [0.05, 0.1) is 17.4 Å². The maximum atomic E-state index is 12.5. The van der Waals surface area contributed by atoms with Crippen LogP contribution in [-0.2, 0) is 0 Å². The quantitative estimate of drug-likeness (QED) is 0.707. The van der Waals surface area contributed by atoms with E-state index in [1.165, 1.54) is 0 Å². The molecule has 126 valence electrons. The first kappa shape index (κ1) is 16.7. The van der Waals surface area contributed by atoms with E-state index in [2.05, 4.69) is 41.6 Å². The predicted octanol–water partition coefficient (Wildman–Crippen LogP) is 5.00. The summed E-state index contributed by atoms with van der Waals surface area (Å²) in [5, 5.41) is 6.26. The second-order valence-corrected chi connectivity index (χ2v) is 6.17. The molecule has 1 amide bonds. The number of nitrogens with zero attached hydrogens (tertiary/aromatic N) is 1. The van der Waals surface area contributed by atoms with Crippen LogP contribution in [0, 0.1) is 20.8 Å². The van der Waals surface area contributed by atoms with Crippen molar-refractivity contribution in [3.8, 4) is 0 Å². The van der Waals surface area contributed by atoms with Crippen LogP contribution in [0.2, 0.25) is 0 Å². The van der Waals surface area contributed by atoms with Gasteiger partial charge in [-0.25, -0.2) is 0 Å². The Hall–Kier alpha value is -3.14. The van der Waals surface area contributed by atoms with E-state index in [0.29, 0.717) is 5.56 Å². The number of rotatable bonds is 4. The molecule has 0 saturated carbocycles. The minimum atomic E-state index is -0.179. The third-order valence-corrected chi connectivity index (χ3v) is 4.06. The molecule has 0 atom stereocenters. The van der Waals surface area contributed by atoms with Crippen LogP contribution in [0.3, 0.4) is 0 Å². The highest BCUT2D eigenvalue weighted by atomic mass is 16.1. The number of hydrogen-bond acceptors (Lipinski definition) is 3. The lowest BCUT2D eigenvalue weighted by Gasteiger charge is -2.13. The molecule has 0 fully saturated rings. The minimum absolute atomic E-state index is 0.179. The summed E-state index contributed by atoms with van der Waals surface area (Å²) < 4.78 is 0. The number of nitrogens with one attached hydrogen (secondary N) is 2. The van der Waals surface area contributed by atoms with Gasteiger partial charge >= 0.3 is 0 Å². The summed E-state index contributed by atoms with van der Waals surface area (Å²) in [7, 11) is 0. The van der Waals surface area contributed by atoms with Gasteiger partial charge in [-0.3, -0.25) is 9.78 Å². The predicted molar refractivity (Wildman–Crippen MR) is 103 cm³/mol. The van der Waals surface area contributed by atoms with Gasteiger partial charge in [0.1, 0.15) is 0 Å². The second kappa shape index (κ2) is 7.18. The highest BCUT2D eigenvalue weighted by Gasteiger charge is 2.09. The molecule has 0 aliphatic heterocycles. The first-order valence-corrected chi connectivity index (χ1v) is 8.19. The maximum Gasteiger partial charge on any atom is 0.257 e. The molecule has 2 N–H and O–H groups in total. The summed E-state index contributed by atoms with van der Waals surface area (Å²) in [6.07, 6.45) is 3.29. The lowest BCUT2D eigenvalue weighted by atomic mass is 10.1. The summed E-state index contributed by atoms with van der Waals surface area (Å²) in [5.41, 5.74) is 6.55. The van der Waals surface area contributed by atoms with Gasteiger partial charge in [-0.1, -0.05) is 35.9 Å². The van der Waals surface area contributed by atoms with Crippen molar-refractivity contribution < 1.29 is 4.79 Å². The Bertz CT molecular complexity index is 881. The van der Waals surface area contributed by atoms with Gasteiger partial charge in [-0.15, -0.1) is 0 Å². The average molecular weight is 331 g/mol. The van der Waals surface area contributed by atoms with Gasteiger partial charge < -0.3 is 10.6 Å². The molecule has 25 heavy (non-hydrogen) atoms. The lowest BCUT2D eigenvalue weighted by molar-refractivity contribution is 0.102. The molecule has 0 spiro atoms. The van der Waals surface area contributed by atoms with Crippen LogP contribution in [0.1, 0.15) is 27.0 Å². The summed E-state index contributed by atoms with van der Waals surface area (Å²) in [6.45, 7) is 6.12. The molecule has 0 unspecified atom stereocenters. The van der Waals surface area contributed by atoms with Crippen LogP contribution in [0.15, 0.2) is 60.9 Å². The number of pyridine rings is 1. The monoisotopic (exact) mass is 331 g/mol. The third-order valence-electron chi connectivity index (χ3n) is 4.06. The molecule has 0 saturated heterocycles. The van der Waals surface area contributed by atoms with E-state index in [0.717, 1.165) is 33.8 Å². The fraction of sp³-hybridized carbons (Fsp3) is 0.143. The van der Waals surface area contributed by atoms with Crippen LogP contribution in [-0.4, -0.2) is 10.9 Å². The molecule has 4 heteroatoms. The number of para-hydroxylation sites is 1. The lowest BCUT2D eigenvalue weighted by Crippen LogP contribution is -2.12. The third kappa shape index (κ3) is 4.04. The fourth-order valence-electron chi connectivity index (χ4n) is 2.63. The molecule has 2 aromatic carbocycles. The van der Waals surface area contributed by atoms with Gasteiger partial charge in [0.2, 0.25) is 0 Å². The van der Waals surface area contributed by atoms with E-state index >= 15 is 0 Å². The molecule has 4 nitrogen and oxygen atoms in total. The van der Waals surface area contributed by atoms with Crippen LogP contribution in [0.5, 0.6) is 0 Å². The molecular formula is C21H21N3O. The van der Waals surface area contributed by atoms with Gasteiger partial charge in [0, 0.05) is 17.6 Å². The van der Waals surface area contributed by atoms with Gasteiger partial charge in [-0.05, 0) is 50.1 Å². The van der Waals surface area contributed by atoms with Gasteiger partial charge in [-0.2, -0.15) is 0 Å². The van der Waals surface area contributed by atoms with Crippen molar-refractivity contribution in [2.24, 2.45) is 0 Å². The zero-order chi connectivity index (χ0) is 17.8. The normalized spacial score (nSPS) is 10.4. The topological polar surface area (TPSA) is 54.0 Å². The zero-order valence-electron chi connectivity index (χ0n) is 14.6. The Morgan fingerprint density at radius 2 is 1.56 bits per heavy atom. The molecule has 3 aromatic rings. The Balaban J connectivity index is 1.79. The van der Waals surface area contributed by atoms with Crippen molar-refractivity contribution in [3.63, 3.8) is 0 Å². The van der Waals surface area contributed by atoms with Crippen LogP contribution < -0.4 is 10.6 Å². The van der Waals surface area contributed by atoms with E-state index in [-0.39, 0.29) is 5.91 Å². The molecule has 1 heterocycles. The molecular weight excluding hydrogens is 310 g/mol. The first-order chi connectivity index (χ1) is 12.0. The van der Waals surface area contributed by atoms with Crippen molar-refractivity contribution in [2.75, 3.05) is 10.6 Å². The zero-order valence-corrected chi connectivity index (χ0v) is 14.6. The fourth-order valence-corrected chi connectivity index (χ4v) is 2.63. The first-order valence-electron chi connectivity index (χ1n) is 8.19. The summed E-state index contributed by atoms with van der Waals surface area (Å²) in [4.78, 5) is 16.7. The maximum absolute atomic E-state index is 12.5. The summed E-state index contributed by atoms with van der Waals surface area (Å²) in [5.74, 6) is -0.179. The number of benzene rings is 2. The van der Waals surface area contributed by atoms with Crippen molar-refractivity contribution >= 4 is 23.0 Å². The number of carbonyl (C=O) groups excluding carboxylic acids is 1. The second-order valence-electron chi connectivity index (χ2n) is 6.17. The molecule has 0 radical (unpaired) electrons. The van der Waals surface area contributed by atoms with Crippen LogP contribution in [0.25, 0.3) is 0 Å². The number of aryl methyl sites for hydroxylation is 3. The van der Waals surface area contributed by atoms with Crippen molar-refractivity contribution in [3.05, 3.63) is 83.2 Å². The van der Waals surface area contributed by atoms with E-state index in [1.807, 2.05) is 43.3 Å². The Morgan fingerprint density at radius 1 is 0.880 bits per heavy atom. The van der Waals surface area contributed by atoms with Crippen molar-refractivity contribution in [1.82, 2.24) is 4.98 Å². The Morgan fingerprint density at radius 3 is 2.24 bits per heavy atom. The standard InChI is InChI=1S/C21H21N3O/c1-14-7-9-18(10-8-14)24-21(25)17-11-19(13-22-12-17)23-20-15(2)5-4-6-16(20)3/h4-13,23H,1-3H3,(H,24,25). The van der Waals surface area contributed by atoms with Crippen LogP contribution >= 0.6 is 0 Å². The van der Waals surface area contributed by atoms with E-state index in [4.69, 9.17) is 0 Å². The summed E-state index contributed by atoms with van der Waals surface area (Å²) in [6, 6.07) is 15.6. The molecule has 1 aromatic heterocycles. The number of carbonyl (C=O) groups is 1. The van der Waals surface area contributed by atoms with Crippen molar-refractivity contribution in [2.45, 2.75) is 20.8 Å². The average Bonchev–Trinajstić information content (AvgIpc) is 2.60. The number of aromatic nitrogens is 1. The molecule has 3 rings (SSSR count). The van der Waals surface area contributed by atoms with Crippen molar-refractivity contribution in [1.29, 1.82) is 0 Å². The molecule has 0 bridgehead atoms. The highest BCUT2D eigenvalue weighted by molar-refractivity contribution is 6.04. The Kier molecular flexibility index (Phi) is 4.80. The molecule has 0 aliphatic rings. The number of hydrogen-bond donors (Lipinski definition) is 2. The van der Waals surface area contributed by atoms with E-state index in [9.17, 15) is 4.79 Å². The SMILES string of the molecule is Cc1ccc(NC(=O)c2cncc(Nc3c(C)cccc3C)c2)cc1. The van der Waals surface area contributed by atoms with Gasteiger partial charge in [0.15, 0.2) is 0 Å². The number of anilines is 3.